The van der Waals surface area contributed by atoms with Gasteiger partial charge >= 0.3 is 5.97 Å². The number of aromatic nitrogens is 4. The minimum atomic E-state index is -0.939. The van der Waals surface area contributed by atoms with Crippen molar-refractivity contribution in [2.24, 2.45) is 0 Å². The quantitative estimate of drug-likeness (QED) is 0.359. The molecule has 2 aliphatic rings. The Morgan fingerprint density at radius 2 is 1.81 bits per heavy atom. The van der Waals surface area contributed by atoms with Crippen LogP contribution in [0.1, 0.15) is 48.6 Å². The molecule has 37 heavy (non-hydrogen) atoms. The van der Waals surface area contributed by atoms with Gasteiger partial charge in [-0.2, -0.15) is 4.98 Å². The maximum Gasteiger partial charge on any atom is 0.352 e. The van der Waals surface area contributed by atoms with Gasteiger partial charge in [0.15, 0.2) is 0 Å². The Morgan fingerprint density at radius 1 is 1.08 bits per heavy atom. The zero-order valence-corrected chi connectivity index (χ0v) is 21.7. The van der Waals surface area contributed by atoms with Crippen molar-refractivity contribution in [3.8, 4) is 0 Å². The van der Waals surface area contributed by atoms with Crippen molar-refractivity contribution in [3.05, 3.63) is 36.3 Å². The molecule has 4 N–H and O–H groups in total. The van der Waals surface area contributed by atoms with Crippen molar-refractivity contribution in [1.29, 1.82) is 0 Å². The summed E-state index contributed by atoms with van der Waals surface area (Å²) in [6, 6.07) is 5.78. The molecule has 1 aliphatic carbocycles. The molecule has 0 spiro atoms. The first-order valence-corrected chi connectivity index (χ1v) is 13.0. The Kier molecular flexibility index (Phi) is 9.26. The van der Waals surface area contributed by atoms with Gasteiger partial charge in [-0.15, -0.1) is 0 Å². The third-order valence-electron chi connectivity index (χ3n) is 6.84. The average molecular weight is 511 g/mol. The molecule has 3 aromatic heterocycles. The van der Waals surface area contributed by atoms with Crippen LogP contribution >= 0.6 is 0 Å². The predicted molar refractivity (Wildman–Crippen MR) is 145 cm³/mol. The van der Waals surface area contributed by atoms with Crippen LogP contribution in [0.5, 0.6) is 0 Å². The SMILES string of the molecule is CNC.O=C(O)c1cc2cnc(Nc3ccc(N4CCN(CCCO)CC4)cn3)nc2n1C1CCCC1. The number of carboxylic acid groups (broad SMARTS) is 1. The van der Waals surface area contributed by atoms with E-state index in [1.165, 1.54) is 0 Å². The number of nitrogens with zero attached hydrogens (tertiary/aromatic N) is 6. The van der Waals surface area contributed by atoms with E-state index < -0.39 is 5.97 Å². The van der Waals surface area contributed by atoms with E-state index in [1.807, 2.05) is 37.0 Å². The highest BCUT2D eigenvalue weighted by Crippen LogP contribution is 2.34. The third kappa shape index (κ3) is 6.54. The number of carbonyl (C=O) groups is 1. The number of carboxylic acids is 1. The van der Waals surface area contributed by atoms with Gasteiger partial charge in [0.1, 0.15) is 17.2 Å². The van der Waals surface area contributed by atoms with Gasteiger partial charge < -0.3 is 30.3 Å². The van der Waals surface area contributed by atoms with Crippen molar-refractivity contribution in [1.82, 2.24) is 29.7 Å². The molecule has 0 aromatic carbocycles. The predicted octanol–water partition coefficient (Wildman–Crippen LogP) is 2.72. The second-order valence-corrected chi connectivity index (χ2v) is 9.55. The fourth-order valence-electron chi connectivity index (χ4n) is 5.05. The van der Waals surface area contributed by atoms with Crippen LogP contribution in [0.4, 0.5) is 17.5 Å². The Balaban J connectivity index is 0.00000102. The van der Waals surface area contributed by atoms with Gasteiger partial charge in [-0.05, 0) is 51.6 Å². The normalized spacial score (nSPS) is 16.6. The van der Waals surface area contributed by atoms with Crippen LogP contribution in [-0.4, -0.2) is 94.0 Å². The van der Waals surface area contributed by atoms with Gasteiger partial charge in [0.05, 0.1) is 11.9 Å². The zero-order valence-electron chi connectivity index (χ0n) is 21.7. The van der Waals surface area contributed by atoms with E-state index in [0.29, 0.717) is 17.4 Å². The molecule has 1 aliphatic heterocycles. The van der Waals surface area contributed by atoms with Crippen LogP contribution in [0.2, 0.25) is 0 Å². The molecule has 0 atom stereocenters. The number of pyridine rings is 1. The number of hydrogen-bond acceptors (Lipinski definition) is 9. The zero-order chi connectivity index (χ0) is 26.2. The van der Waals surface area contributed by atoms with E-state index in [0.717, 1.165) is 75.9 Å². The largest absolute Gasteiger partial charge is 0.477 e. The number of fused-ring (bicyclic) bond motifs is 1. The van der Waals surface area contributed by atoms with E-state index in [-0.39, 0.29) is 18.3 Å². The molecule has 200 valence electrons. The molecular formula is C26H38N8O3. The minimum absolute atomic E-state index is 0.160. The second-order valence-electron chi connectivity index (χ2n) is 9.55. The van der Waals surface area contributed by atoms with Crippen molar-refractivity contribution in [2.75, 3.05) is 63.6 Å². The lowest BCUT2D eigenvalue weighted by molar-refractivity contribution is 0.0683. The van der Waals surface area contributed by atoms with Gasteiger partial charge in [0.25, 0.3) is 0 Å². The fraction of sp³-hybridized carbons (Fsp3) is 0.538. The number of aliphatic hydroxyl groups excluding tert-OH is 1. The molecule has 5 rings (SSSR count). The van der Waals surface area contributed by atoms with E-state index in [4.69, 9.17) is 5.11 Å². The summed E-state index contributed by atoms with van der Waals surface area (Å²) in [6.45, 7) is 5.00. The summed E-state index contributed by atoms with van der Waals surface area (Å²) in [5.41, 5.74) is 2.00. The van der Waals surface area contributed by atoms with Crippen LogP contribution in [0.25, 0.3) is 11.0 Å². The topological polar surface area (TPSA) is 132 Å². The third-order valence-corrected chi connectivity index (χ3v) is 6.84. The molecule has 11 nitrogen and oxygen atoms in total. The Morgan fingerprint density at radius 3 is 2.43 bits per heavy atom. The maximum absolute atomic E-state index is 11.8. The molecule has 4 heterocycles. The number of rotatable bonds is 8. The van der Waals surface area contributed by atoms with E-state index in [1.54, 1.807) is 12.3 Å². The highest BCUT2D eigenvalue weighted by molar-refractivity contribution is 5.93. The number of nitrogens with one attached hydrogen (secondary N) is 2. The molecule has 0 bridgehead atoms. The average Bonchev–Trinajstić information content (AvgIpc) is 3.56. The number of aliphatic hydroxyl groups is 1. The Hall–Kier alpha value is -3.28. The Labute approximate surface area is 217 Å². The summed E-state index contributed by atoms with van der Waals surface area (Å²) in [6.07, 6.45) is 8.49. The van der Waals surface area contributed by atoms with Gasteiger partial charge in [0, 0.05) is 57.0 Å². The van der Waals surface area contributed by atoms with Crippen molar-refractivity contribution < 1.29 is 15.0 Å². The highest BCUT2D eigenvalue weighted by atomic mass is 16.4. The van der Waals surface area contributed by atoms with Gasteiger partial charge in [-0.3, -0.25) is 4.90 Å². The van der Waals surface area contributed by atoms with Gasteiger partial charge in [0.2, 0.25) is 5.95 Å². The number of aromatic carboxylic acids is 1. The number of anilines is 3. The minimum Gasteiger partial charge on any atom is -0.477 e. The van der Waals surface area contributed by atoms with E-state index in [2.05, 4.69) is 35.4 Å². The molecule has 0 unspecified atom stereocenters. The maximum atomic E-state index is 11.8. The molecule has 0 radical (unpaired) electrons. The molecule has 1 saturated carbocycles. The second kappa shape index (κ2) is 12.8. The lowest BCUT2D eigenvalue weighted by Gasteiger charge is -2.35. The van der Waals surface area contributed by atoms with Gasteiger partial charge in [-0.1, -0.05) is 12.8 Å². The fourth-order valence-corrected chi connectivity index (χ4v) is 5.05. The molecule has 2 fully saturated rings. The van der Waals surface area contributed by atoms with E-state index in [9.17, 15) is 9.90 Å². The molecule has 1 saturated heterocycles. The first-order chi connectivity index (χ1) is 18.0. The van der Waals surface area contributed by atoms with E-state index >= 15 is 0 Å². The lowest BCUT2D eigenvalue weighted by atomic mass is 10.2. The summed E-state index contributed by atoms with van der Waals surface area (Å²) in [7, 11) is 3.75. The summed E-state index contributed by atoms with van der Waals surface area (Å²) in [5.74, 6) is 0.104. The lowest BCUT2D eigenvalue weighted by Crippen LogP contribution is -2.46. The summed E-state index contributed by atoms with van der Waals surface area (Å²) in [5, 5.41) is 25.4. The smallest absolute Gasteiger partial charge is 0.352 e. The first kappa shape index (κ1) is 26.8. The Bertz CT molecular complexity index is 1150. The molecule has 0 amide bonds. The number of hydrogen-bond donors (Lipinski definition) is 4. The highest BCUT2D eigenvalue weighted by Gasteiger charge is 2.25. The molecular weight excluding hydrogens is 472 g/mol. The van der Waals surface area contributed by atoms with Crippen LogP contribution < -0.4 is 15.5 Å². The van der Waals surface area contributed by atoms with Gasteiger partial charge in [-0.25, -0.2) is 14.8 Å². The van der Waals surface area contributed by atoms with Crippen molar-refractivity contribution >= 4 is 34.5 Å². The van der Waals surface area contributed by atoms with Crippen molar-refractivity contribution in [3.63, 3.8) is 0 Å². The molecule has 11 heteroatoms. The monoisotopic (exact) mass is 510 g/mol. The first-order valence-electron chi connectivity index (χ1n) is 13.0. The van der Waals surface area contributed by atoms with Crippen molar-refractivity contribution in [2.45, 2.75) is 38.1 Å². The van der Waals surface area contributed by atoms with Crippen LogP contribution in [-0.2, 0) is 0 Å². The van der Waals surface area contributed by atoms with Crippen LogP contribution in [0.3, 0.4) is 0 Å². The summed E-state index contributed by atoms with van der Waals surface area (Å²) in [4.78, 5) is 30.1. The summed E-state index contributed by atoms with van der Waals surface area (Å²) >= 11 is 0. The number of piperazine rings is 1. The van der Waals surface area contributed by atoms with Crippen LogP contribution in [0.15, 0.2) is 30.6 Å². The summed E-state index contributed by atoms with van der Waals surface area (Å²) < 4.78 is 1.87. The molecule has 3 aromatic rings. The van der Waals surface area contributed by atoms with Crippen LogP contribution in [0, 0.1) is 0 Å². The standard InChI is InChI=1S/C24H31N7O3.C2H7N/c32-13-3-8-29-9-11-30(12-10-29)19-6-7-21(25-16-19)27-24-26-15-17-14-20(23(33)34)31(22(17)28-24)18-4-1-2-5-18;1-3-2/h6-7,14-16,18,32H,1-5,8-13H2,(H,33,34)(H,25,26,27,28);3H,1-2H3.